The average molecular weight is 323 g/mol. The van der Waals surface area contributed by atoms with Gasteiger partial charge in [-0.05, 0) is 25.2 Å². The fraction of sp³-hybridized carbons (Fsp3) is 0.647. The minimum Gasteiger partial charge on any atom is -0.478 e. The van der Waals surface area contributed by atoms with E-state index in [-0.39, 0.29) is 29.4 Å². The van der Waals surface area contributed by atoms with E-state index in [9.17, 15) is 9.59 Å². The number of carboxylic acids is 1. The molecule has 1 saturated heterocycles. The van der Waals surface area contributed by atoms with Crippen LogP contribution < -0.4 is 5.32 Å². The fourth-order valence-corrected chi connectivity index (χ4v) is 2.94. The van der Waals surface area contributed by atoms with E-state index in [2.05, 4.69) is 19.2 Å². The Morgan fingerprint density at radius 1 is 1.43 bits per heavy atom. The Labute approximate surface area is 136 Å². The molecule has 1 aliphatic heterocycles. The van der Waals surface area contributed by atoms with Gasteiger partial charge in [0.2, 0.25) is 0 Å². The van der Waals surface area contributed by atoms with Crippen molar-refractivity contribution in [1.29, 1.82) is 0 Å². The second-order valence-corrected chi connectivity index (χ2v) is 6.42. The topological polar surface area (TPSA) is 88.8 Å². The number of carbonyl (C=O) groups excluding carboxylic acids is 1. The van der Waals surface area contributed by atoms with E-state index in [0.29, 0.717) is 24.7 Å². The monoisotopic (exact) mass is 323 g/mol. The average Bonchev–Trinajstić information content (AvgIpc) is 2.91. The molecular formula is C17H25NO5. The molecule has 6 heteroatoms. The molecule has 2 N–H and O–H groups in total. The normalized spacial score (nSPS) is 21.4. The van der Waals surface area contributed by atoms with Crippen LogP contribution in [-0.2, 0) is 11.2 Å². The van der Waals surface area contributed by atoms with Gasteiger partial charge in [0, 0.05) is 25.1 Å². The molecule has 2 atom stereocenters. The molecule has 2 heterocycles. The lowest BCUT2D eigenvalue weighted by Crippen LogP contribution is -2.42. The van der Waals surface area contributed by atoms with Gasteiger partial charge in [-0.2, -0.15) is 0 Å². The third kappa shape index (κ3) is 4.58. The lowest BCUT2D eigenvalue weighted by atomic mass is 9.96. The predicted octanol–water partition coefficient (Wildman–Crippen LogP) is 2.86. The summed E-state index contributed by atoms with van der Waals surface area (Å²) in [4.78, 5) is 23.5. The summed E-state index contributed by atoms with van der Waals surface area (Å²) in [6.45, 7) is 6.71. The number of aryl methyl sites for hydroxylation is 1. The van der Waals surface area contributed by atoms with Crippen molar-refractivity contribution in [3.63, 3.8) is 0 Å². The first-order valence-corrected chi connectivity index (χ1v) is 8.19. The number of hydrogen-bond acceptors (Lipinski definition) is 4. The number of hydrogen-bond donors (Lipinski definition) is 2. The van der Waals surface area contributed by atoms with Gasteiger partial charge in [-0.15, -0.1) is 0 Å². The van der Waals surface area contributed by atoms with Gasteiger partial charge in [0.15, 0.2) is 5.76 Å². The Bertz CT molecular complexity index is 563. The van der Waals surface area contributed by atoms with Gasteiger partial charge in [-0.25, -0.2) is 4.79 Å². The van der Waals surface area contributed by atoms with Crippen LogP contribution in [0, 0.1) is 5.92 Å². The van der Waals surface area contributed by atoms with Crippen LogP contribution in [0.1, 0.15) is 66.7 Å². The quantitative estimate of drug-likeness (QED) is 0.840. The van der Waals surface area contributed by atoms with Gasteiger partial charge in [-0.1, -0.05) is 20.8 Å². The summed E-state index contributed by atoms with van der Waals surface area (Å²) in [6, 6.07) is 1.34. The van der Waals surface area contributed by atoms with Crippen molar-refractivity contribution in [2.45, 2.75) is 58.6 Å². The Morgan fingerprint density at radius 2 is 2.17 bits per heavy atom. The molecule has 128 valence electrons. The fourth-order valence-electron chi connectivity index (χ4n) is 2.94. The summed E-state index contributed by atoms with van der Waals surface area (Å²) >= 11 is 0. The first kappa shape index (κ1) is 17.5. The largest absolute Gasteiger partial charge is 0.478 e. The standard InChI is InChI=1S/C17H25NO5/c1-4-14-13(17(20)21)9-15(23-14)16(19)18-11-5-6-22-12(8-11)7-10(2)3/h9-12H,4-8H2,1-3H3,(H,18,19)(H,20,21). The maximum Gasteiger partial charge on any atom is 0.339 e. The molecular weight excluding hydrogens is 298 g/mol. The summed E-state index contributed by atoms with van der Waals surface area (Å²) < 4.78 is 11.1. The van der Waals surface area contributed by atoms with E-state index >= 15 is 0 Å². The van der Waals surface area contributed by atoms with Crippen molar-refractivity contribution in [1.82, 2.24) is 5.32 Å². The van der Waals surface area contributed by atoms with Crippen LogP contribution in [0.5, 0.6) is 0 Å². The summed E-state index contributed by atoms with van der Waals surface area (Å²) in [5, 5.41) is 12.1. The van der Waals surface area contributed by atoms with E-state index in [1.165, 1.54) is 6.07 Å². The lowest BCUT2D eigenvalue weighted by molar-refractivity contribution is -0.00863. The molecule has 23 heavy (non-hydrogen) atoms. The minimum atomic E-state index is -1.08. The Balaban J connectivity index is 2.00. The SMILES string of the molecule is CCc1oc(C(=O)NC2CCOC(CC(C)C)C2)cc1C(=O)O. The van der Waals surface area contributed by atoms with Crippen LogP contribution in [0.3, 0.4) is 0 Å². The summed E-state index contributed by atoms with van der Waals surface area (Å²) in [6.07, 6.45) is 3.09. The van der Waals surface area contributed by atoms with Crippen LogP contribution in [0.15, 0.2) is 10.5 Å². The zero-order chi connectivity index (χ0) is 17.0. The highest BCUT2D eigenvalue weighted by Gasteiger charge is 2.26. The van der Waals surface area contributed by atoms with Gasteiger partial charge in [-0.3, -0.25) is 4.79 Å². The maximum absolute atomic E-state index is 12.3. The van der Waals surface area contributed by atoms with Crippen LogP contribution in [0.4, 0.5) is 0 Å². The molecule has 0 radical (unpaired) electrons. The van der Waals surface area contributed by atoms with Crippen LogP contribution in [-0.4, -0.2) is 35.7 Å². The van der Waals surface area contributed by atoms with Gasteiger partial charge in [0.25, 0.3) is 5.91 Å². The zero-order valence-corrected chi connectivity index (χ0v) is 13.9. The molecule has 1 amide bonds. The highest BCUT2D eigenvalue weighted by molar-refractivity contribution is 5.96. The van der Waals surface area contributed by atoms with Crippen LogP contribution >= 0.6 is 0 Å². The van der Waals surface area contributed by atoms with E-state index in [0.717, 1.165) is 19.3 Å². The molecule has 1 aromatic heterocycles. The van der Waals surface area contributed by atoms with E-state index in [1.807, 2.05) is 0 Å². The highest BCUT2D eigenvalue weighted by Crippen LogP contribution is 2.21. The van der Waals surface area contributed by atoms with Crippen LogP contribution in [0.25, 0.3) is 0 Å². The molecule has 6 nitrogen and oxygen atoms in total. The van der Waals surface area contributed by atoms with Gasteiger partial charge >= 0.3 is 5.97 Å². The van der Waals surface area contributed by atoms with Crippen molar-refractivity contribution in [3.05, 3.63) is 23.2 Å². The Hall–Kier alpha value is -1.82. The third-order valence-electron chi connectivity index (χ3n) is 4.02. The second kappa shape index (κ2) is 7.64. The van der Waals surface area contributed by atoms with Crippen molar-refractivity contribution in [2.75, 3.05) is 6.61 Å². The Kier molecular flexibility index (Phi) is 5.82. The van der Waals surface area contributed by atoms with Crippen molar-refractivity contribution in [3.8, 4) is 0 Å². The Morgan fingerprint density at radius 3 is 2.74 bits per heavy atom. The molecule has 1 fully saturated rings. The first-order chi connectivity index (χ1) is 10.9. The van der Waals surface area contributed by atoms with Gasteiger partial charge in [0.1, 0.15) is 11.3 Å². The molecule has 1 aromatic rings. The number of aromatic carboxylic acids is 1. The maximum atomic E-state index is 12.3. The summed E-state index contributed by atoms with van der Waals surface area (Å²) in [5.41, 5.74) is 0.0577. The molecule has 1 aliphatic rings. The molecule has 2 rings (SSSR count). The summed E-state index contributed by atoms with van der Waals surface area (Å²) in [7, 11) is 0. The molecule has 0 spiro atoms. The number of carboxylic acid groups (broad SMARTS) is 1. The first-order valence-electron chi connectivity index (χ1n) is 8.19. The number of ether oxygens (including phenoxy) is 1. The van der Waals surface area contributed by atoms with Gasteiger partial charge in [0.05, 0.1) is 6.10 Å². The smallest absolute Gasteiger partial charge is 0.339 e. The van der Waals surface area contributed by atoms with Crippen molar-refractivity contribution >= 4 is 11.9 Å². The van der Waals surface area contributed by atoms with Crippen molar-refractivity contribution in [2.24, 2.45) is 5.92 Å². The highest BCUT2D eigenvalue weighted by atomic mass is 16.5. The van der Waals surface area contributed by atoms with E-state index < -0.39 is 5.97 Å². The minimum absolute atomic E-state index is 0.0310. The van der Waals surface area contributed by atoms with Crippen molar-refractivity contribution < 1.29 is 23.8 Å². The second-order valence-electron chi connectivity index (χ2n) is 6.42. The molecule has 0 bridgehead atoms. The number of nitrogens with one attached hydrogen (secondary N) is 1. The lowest BCUT2D eigenvalue weighted by Gasteiger charge is -2.30. The van der Waals surface area contributed by atoms with Gasteiger partial charge < -0.3 is 19.6 Å². The third-order valence-corrected chi connectivity index (χ3v) is 4.02. The number of amides is 1. The summed E-state index contributed by atoms with van der Waals surface area (Å²) in [5.74, 6) is -0.502. The van der Waals surface area contributed by atoms with E-state index in [4.69, 9.17) is 14.3 Å². The number of rotatable bonds is 6. The zero-order valence-electron chi connectivity index (χ0n) is 13.9. The molecule has 0 saturated carbocycles. The van der Waals surface area contributed by atoms with Crippen LogP contribution in [0.2, 0.25) is 0 Å². The van der Waals surface area contributed by atoms with E-state index in [1.54, 1.807) is 6.92 Å². The molecule has 0 aromatic carbocycles. The molecule has 2 unspecified atom stereocenters. The molecule has 0 aliphatic carbocycles. The number of carbonyl (C=O) groups is 2. The predicted molar refractivity (Wildman–Crippen MR) is 84.7 cm³/mol. The number of furan rings is 1.